The van der Waals surface area contributed by atoms with E-state index < -0.39 is 12.4 Å². The van der Waals surface area contributed by atoms with Gasteiger partial charge in [-0.1, -0.05) is 45.7 Å². The number of alkyl halides is 3. The van der Waals surface area contributed by atoms with Crippen molar-refractivity contribution < 1.29 is 18.3 Å². The maximum atomic E-state index is 12.8. The molecule has 1 atom stereocenters. The van der Waals surface area contributed by atoms with Crippen LogP contribution in [-0.2, 0) is 0 Å². The predicted octanol–water partition coefficient (Wildman–Crippen LogP) is 6.05. The molecule has 0 radical (unpaired) electrons. The average molecular weight is 446 g/mol. The summed E-state index contributed by atoms with van der Waals surface area (Å²) in [6.45, 7) is 0. The first-order valence-corrected chi connectivity index (χ1v) is 8.67. The van der Waals surface area contributed by atoms with Crippen molar-refractivity contribution in [1.29, 1.82) is 0 Å². The highest BCUT2D eigenvalue weighted by atomic mass is 79.9. The lowest BCUT2D eigenvalue weighted by Crippen LogP contribution is -2.35. The molecule has 8 heteroatoms. The zero-order valence-electron chi connectivity index (χ0n) is 13.1. The van der Waals surface area contributed by atoms with Gasteiger partial charge in [-0.25, -0.2) is 0 Å². The first-order chi connectivity index (χ1) is 12.2. The minimum absolute atomic E-state index is 0.169. The van der Waals surface area contributed by atoms with Crippen LogP contribution >= 0.6 is 27.5 Å². The van der Waals surface area contributed by atoms with Crippen LogP contribution in [0.3, 0.4) is 0 Å². The van der Waals surface area contributed by atoms with E-state index in [-0.39, 0.29) is 5.69 Å². The van der Waals surface area contributed by atoms with Gasteiger partial charge in [0.05, 0.1) is 11.4 Å². The van der Waals surface area contributed by atoms with Gasteiger partial charge < -0.3 is 15.4 Å². The molecule has 1 unspecified atom stereocenters. The van der Waals surface area contributed by atoms with E-state index in [1.165, 1.54) is 0 Å². The van der Waals surface area contributed by atoms with Crippen LogP contribution in [0.15, 0.2) is 46.9 Å². The molecular formula is C18H13BrClF3N2O. The van der Waals surface area contributed by atoms with Gasteiger partial charge in [0.25, 0.3) is 0 Å². The van der Waals surface area contributed by atoms with Gasteiger partial charge in [0.2, 0.25) is 6.23 Å². The fraction of sp³-hybridized carbons (Fsp3) is 0.111. The van der Waals surface area contributed by atoms with E-state index >= 15 is 0 Å². The van der Waals surface area contributed by atoms with Gasteiger partial charge in [-0.3, -0.25) is 0 Å². The lowest BCUT2D eigenvalue weighted by atomic mass is 10.1. The normalized spacial score (nSPS) is 13.5. The molecule has 3 N–H and O–H groups in total. The van der Waals surface area contributed by atoms with Crippen LogP contribution in [-0.4, -0.2) is 22.5 Å². The first-order valence-electron chi connectivity index (χ1n) is 7.50. The van der Waals surface area contributed by atoms with Gasteiger partial charge in [0.15, 0.2) is 0 Å². The van der Waals surface area contributed by atoms with Crippen LogP contribution in [0.25, 0.3) is 23.1 Å². The maximum absolute atomic E-state index is 12.8. The van der Waals surface area contributed by atoms with E-state index in [0.29, 0.717) is 21.6 Å². The molecule has 0 amide bonds. The minimum Gasteiger partial charge on any atom is -0.366 e. The molecular weight excluding hydrogens is 433 g/mol. The number of benzene rings is 2. The monoisotopic (exact) mass is 444 g/mol. The van der Waals surface area contributed by atoms with Gasteiger partial charge >= 0.3 is 6.18 Å². The summed E-state index contributed by atoms with van der Waals surface area (Å²) in [5.74, 6) is 0. The van der Waals surface area contributed by atoms with E-state index in [0.717, 1.165) is 10.0 Å². The molecule has 0 fully saturated rings. The topological polar surface area (TPSA) is 48.0 Å². The van der Waals surface area contributed by atoms with Crippen LogP contribution in [0.5, 0.6) is 0 Å². The highest BCUT2D eigenvalue weighted by molar-refractivity contribution is 9.10. The third kappa shape index (κ3) is 4.23. The van der Waals surface area contributed by atoms with Crippen LogP contribution < -0.4 is 5.32 Å². The standard InChI is InChI=1S/C18H13BrClF3N2O/c19-11-4-7-13-15(9-11)24-14(16(13)25-17(26)18(21,22)23)8-3-10-1-5-12(20)6-2-10/h1-9,17,24-26H/b8-3+. The Morgan fingerprint density at radius 2 is 1.81 bits per heavy atom. The summed E-state index contributed by atoms with van der Waals surface area (Å²) in [5.41, 5.74) is 2.04. The lowest BCUT2D eigenvalue weighted by Gasteiger charge is -2.17. The maximum Gasteiger partial charge on any atom is 0.433 e. The summed E-state index contributed by atoms with van der Waals surface area (Å²) < 4.78 is 39.1. The van der Waals surface area contributed by atoms with Crippen molar-refractivity contribution in [3.05, 3.63) is 63.2 Å². The van der Waals surface area contributed by atoms with Crippen molar-refractivity contribution >= 4 is 56.3 Å². The minimum atomic E-state index is -4.78. The van der Waals surface area contributed by atoms with E-state index in [9.17, 15) is 18.3 Å². The average Bonchev–Trinajstić information content (AvgIpc) is 2.90. The number of halogens is 5. The molecule has 3 rings (SSSR count). The Kier molecular flexibility index (Phi) is 5.32. The zero-order valence-corrected chi connectivity index (χ0v) is 15.5. The Labute approximate surface area is 160 Å². The van der Waals surface area contributed by atoms with E-state index in [1.807, 2.05) is 0 Å². The summed E-state index contributed by atoms with van der Waals surface area (Å²) in [5, 5.41) is 12.7. The number of aliphatic hydroxyl groups excluding tert-OH is 1. The quantitative estimate of drug-likeness (QED) is 0.428. The van der Waals surface area contributed by atoms with E-state index in [4.69, 9.17) is 11.6 Å². The fourth-order valence-electron chi connectivity index (χ4n) is 2.44. The molecule has 1 aromatic heterocycles. The van der Waals surface area contributed by atoms with Crippen LogP contribution in [0.4, 0.5) is 18.9 Å². The Bertz CT molecular complexity index is 951. The Morgan fingerprint density at radius 3 is 2.46 bits per heavy atom. The SMILES string of the molecule is OC(Nc1c(/C=C/c2ccc(Cl)cc2)[nH]c2cc(Br)ccc12)C(F)(F)F. The molecule has 3 nitrogen and oxygen atoms in total. The molecule has 0 spiro atoms. The molecule has 0 aliphatic rings. The smallest absolute Gasteiger partial charge is 0.366 e. The summed E-state index contributed by atoms with van der Waals surface area (Å²) >= 11 is 9.17. The molecule has 0 aliphatic carbocycles. The molecule has 2 aromatic carbocycles. The lowest BCUT2D eigenvalue weighted by molar-refractivity contribution is -0.194. The number of nitrogens with one attached hydrogen (secondary N) is 2. The van der Waals surface area contributed by atoms with E-state index in [1.54, 1.807) is 54.6 Å². The molecule has 1 heterocycles. The summed E-state index contributed by atoms with van der Waals surface area (Å²) in [6.07, 6.45) is -4.08. The second-order valence-corrected chi connectivity index (χ2v) is 6.93. The van der Waals surface area contributed by atoms with Gasteiger partial charge in [0.1, 0.15) is 0 Å². The Balaban J connectivity index is 2.02. The third-order valence-electron chi connectivity index (χ3n) is 3.69. The Hall–Kier alpha value is -1.96. The van der Waals surface area contributed by atoms with Crippen molar-refractivity contribution in [2.45, 2.75) is 12.4 Å². The summed E-state index contributed by atoms with van der Waals surface area (Å²) in [6, 6.07) is 12.1. The number of hydrogen-bond acceptors (Lipinski definition) is 2. The van der Waals surface area contributed by atoms with Crippen LogP contribution in [0, 0.1) is 0 Å². The number of aromatic nitrogens is 1. The zero-order chi connectivity index (χ0) is 18.9. The molecule has 3 aromatic rings. The molecule has 136 valence electrons. The number of rotatable bonds is 4. The first kappa shape index (κ1) is 18.8. The van der Waals surface area contributed by atoms with E-state index in [2.05, 4.69) is 26.2 Å². The third-order valence-corrected chi connectivity index (χ3v) is 4.44. The largest absolute Gasteiger partial charge is 0.433 e. The summed E-state index contributed by atoms with van der Waals surface area (Å²) in [7, 11) is 0. The highest BCUT2D eigenvalue weighted by Gasteiger charge is 2.39. The molecule has 0 bridgehead atoms. The molecule has 0 aliphatic heterocycles. The van der Waals surface area contributed by atoms with Crippen molar-refractivity contribution in [2.24, 2.45) is 0 Å². The number of aromatic amines is 1. The molecule has 0 saturated heterocycles. The number of aliphatic hydroxyl groups is 1. The van der Waals surface area contributed by atoms with Gasteiger partial charge in [-0.2, -0.15) is 13.2 Å². The van der Waals surface area contributed by atoms with Crippen molar-refractivity contribution in [3.8, 4) is 0 Å². The molecule has 0 saturated carbocycles. The Morgan fingerprint density at radius 1 is 1.12 bits per heavy atom. The molecule has 26 heavy (non-hydrogen) atoms. The van der Waals surface area contributed by atoms with Crippen molar-refractivity contribution in [1.82, 2.24) is 4.98 Å². The highest BCUT2D eigenvalue weighted by Crippen LogP contribution is 2.33. The number of fused-ring (bicyclic) bond motifs is 1. The predicted molar refractivity (Wildman–Crippen MR) is 102 cm³/mol. The summed E-state index contributed by atoms with van der Waals surface area (Å²) in [4.78, 5) is 3.06. The second-order valence-electron chi connectivity index (χ2n) is 5.58. The second kappa shape index (κ2) is 7.34. The fourth-order valence-corrected chi connectivity index (χ4v) is 2.93. The van der Waals surface area contributed by atoms with Crippen LogP contribution in [0.2, 0.25) is 5.02 Å². The van der Waals surface area contributed by atoms with Crippen molar-refractivity contribution in [2.75, 3.05) is 5.32 Å². The van der Waals surface area contributed by atoms with Gasteiger partial charge in [-0.05, 0) is 42.0 Å². The number of anilines is 1. The van der Waals surface area contributed by atoms with Gasteiger partial charge in [-0.15, -0.1) is 0 Å². The van der Waals surface area contributed by atoms with Gasteiger partial charge in [0, 0.05) is 20.4 Å². The van der Waals surface area contributed by atoms with Crippen molar-refractivity contribution in [3.63, 3.8) is 0 Å². The van der Waals surface area contributed by atoms with Crippen LogP contribution in [0.1, 0.15) is 11.3 Å². The number of hydrogen-bond donors (Lipinski definition) is 3. The number of H-pyrrole nitrogens is 1.